The lowest BCUT2D eigenvalue weighted by atomic mass is 9.89. The number of pyridine rings is 1. The summed E-state index contributed by atoms with van der Waals surface area (Å²) < 4.78 is 5.21. The zero-order valence-corrected chi connectivity index (χ0v) is 9.03. The van der Waals surface area contributed by atoms with Crippen molar-refractivity contribution in [2.24, 2.45) is 0 Å². The molecule has 0 saturated heterocycles. The number of ether oxygens (including phenoxy) is 1. The molecular formula is C11H16N2O2. The van der Waals surface area contributed by atoms with Crippen molar-refractivity contribution >= 4 is 5.69 Å². The molecule has 0 unspecified atom stereocenters. The summed E-state index contributed by atoms with van der Waals surface area (Å²) in [5.74, 6) is 0.752. The number of rotatable bonds is 3. The van der Waals surface area contributed by atoms with Crippen LogP contribution in [0.3, 0.4) is 0 Å². The summed E-state index contributed by atoms with van der Waals surface area (Å²) >= 11 is 0. The number of hydrogen-bond acceptors (Lipinski definition) is 4. The summed E-state index contributed by atoms with van der Waals surface area (Å²) in [6.45, 7) is 1.94. The van der Waals surface area contributed by atoms with E-state index >= 15 is 0 Å². The fourth-order valence-electron chi connectivity index (χ4n) is 1.75. The van der Waals surface area contributed by atoms with E-state index in [2.05, 4.69) is 10.3 Å². The number of nitrogens with zero attached hydrogens (tertiary/aromatic N) is 1. The molecule has 15 heavy (non-hydrogen) atoms. The van der Waals surface area contributed by atoms with Gasteiger partial charge in [-0.3, -0.25) is 4.98 Å². The maximum absolute atomic E-state index is 9.19. The van der Waals surface area contributed by atoms with E-state index in [0.717, 1.165) is 30.0 Å². The molecule has 1 heterocycles. The second-order valence-corrected chi connectivity index (χ2v) is 3.99. The number of nitrogens with one attached hydrogen (secondary N) is 1. The predicted molar refractivity (Wildman–Crippen MR) is 58.2 cm³/mol. The Labute approximate surface area is 89.3 Å². The van der Waals surface area contributed by atoms with Crippen molar-refractivity contribution in [1.82, 2.24) is 4.98 Å². The number of aryl methyl sites for hydroxylation is 1. The molecule has 82 valence electrons. The summed E-state index contributed by atoms with van der Waals surface area (Å²) in [4.78, 5) is 4.16. The largest absolute Gasteiger partial charge is 0.493 e. The lowest BCUT2D eigenvalue weighted by molar-refractivity contribution is 0.0835. The number of aromatic nitrogens is 1. The Hall–Kier alpha value is -1.29. The molecule has 4 nitrogen and oxygen atoms in total. The number of anilines is 1. The van der Waals surface area contributed by atoms with Gasteiger partial charge in [0.25, 0.3) is 0 Å². The van der Waals surface area contributed by atoms with Gasteiger partial charge >= 0.3 is 0 Å². The van der Waals surface area contributed by atoms with E-state index < -0.39 is 0 Å². The first-order chi connectivity index (χ1) is 7.19. The maximum Gasteiger partial charge on any atom is 0.160 e. The van der Waals surface area contributed by atoms with Gasteiger partial charge in [-0.25, -0.2) is 0 Å². The fourth-order valence-corrected chi connectivity index (χ4v) is 1.75. The lowest BCUT2D eigenvalue weighted by Crippen LogP contribution is -2.39. The van der Waals surface area contributed by atoms with Crippen LogP contribution in [0, 0.1) is 6.92 Å². The molecule has 0 amide bonds. The Morgan fingerprint density at radius 1 is 1.53 bits per heavy atom. The molecule has 1 aromatic rings. The minimum Gasteiger partial charge on any atom is -0.493 e. The van der Waals surface area contributed by atoms with Crippen LogP contribution in [-0.2, 0) is 0 Å². The highest BCUT2D eigenvalue weighted by molar-refractivity contribution is 5.56. The number of aliphatic hydroxyl groups excluding tert-OH is 1. The topological polar surface area (TPSA) is 54.4 Å². The molecule has 1 fully saturated rings. The normalized spacial score (nSPS) is 24.5. The fraction of sp³-hybridized carbons (Fsp3) is 0.545. The molecule has 1 saturated carbocycles. The summed E-state index contributed by atoms with van der Waals surface area (Å²) in [5, 5.41) is 12.5. The highest BCUT2D eigenvalue weighted by Crippen LogP contribution is 2.29. The number of methoxy groups -OCH3 is 1. The molecule has 1 aliphatic carbocycles. The van der Waals surface area contributed by atoms with Crippen LogP contribution in [0.15, 0.2) is 12.3 Å². The standard InChI is InChI=1S/C11H16N2O2/c1-7-3-10(11(15-2)6-12-7)13-8-4-9(14)5-8/h3,6,8-9,14H,4-5H2,1-2H3,(H,12,13). The molecule has 2 rings (SSSR count). The van der Waals surface area contributed by atoms with Gasteiger partial charge < -0.3 is 15.2 Å². The average Bonchev–Trinajstić information content (AvgIpc) is 2.16. The molecule has 0 radical (unpaired) electrons. The number of hydrogen-bond donors (Lipinski definition) is 2. The van der Waals surface area contributed by atoms with Gasteiger partial charge in [-0.05, 0) is 25.8 Å². The van der Waals surface area contributed by atoms with E-state index in [0.29, 0.717) is 6.04 Å². The Morgan fingerprint density at radius 2 is 2.27 bits per heavy atom. The molecule has 0 aliphatic heterocycles. The molecule has 0 bridgehead atoms. The molecule has 0 aromatic carbocycles. The predicted octanol–water partition coefficient (Wildman–Crippen LogP) is 1.33. The zero-order chi connectivity index (χ0) is 10.8. The van der Waals surface area contributed by atoms with Gasteiger partial charge in [0.2, 0.25) is 0 Å². The smallest absolute Gasteiger partial charge is 0.160 e. The molecule has 4 heteroatoms. The Bertz CT molecular complexity index is 348. The second kappa shape index (κ2) is 4.06. The lowest BCUT2D eigenvalue weighted by Gasteiger charge is -2.33. The third kappa shape index (κ3) is 2.21. The van der Waals surface area contributed by atoms with Gasteiger partial charge in [-0.1, -0.05) is 0 Å². The van der Waals surface area contributed by atoms with Crippen LogP contribution >= 0.6 is 0 Å². The van der Waals surface area contributed by atoms with E-state index in [4.69, 9.17) is 4.74 Å². The van der Waals surface area contributed by atoms with Gasteiger partial charge in [0.15, 0.2) is 5.75 Å². The highest BCUT2D eigenvalue weighted by Gasteiger charge is 2.27. The highest BCUT2D eigenvalue weighted by atomic mass is 16.5. The van der Waals surface area contributed by atoms with Crippen LogP contribution in [0.4, 0.5) is 5.69 Å². The van der Waals surface area contributed by atoms with Crippen molar-refractivity contribution in [3.05, 3.63) is 18.0 Å². The number of aliphatic hydroxyl groups is 1. The van der Waals surface area contributed by atoms with Crippen molar-refractivity contribution in [2.75, 3.05) is 12.4 Å². The van der Waals surface area contributed by atoms with Crippen LogP contribution in [0.25, 0.3) is 0 Å². The first kappa shape index (κ1) is 10.2. The average molecular weight is 208 g/mol. The van der Waals surface area contributed by atoms with Gasteiger partial charge in [-0.2, -0.15) is 0 Å². The van der Waals surface area contributed by atoms with Gasteiger partial charge in [-0.15, -0.1) is 0 Å². The first-order valence-corrected chi connectivity index (χ1v) is 5.14. The Balaban J connectivity index is 2.08. The molecular weight excluding hydrogens is 192 g/mol. The van der Waals surface area contributed by atoms with Gasteiger partial charge in [0.1, 0.15) is 0 Å². The monoisotopic (exact) mass is 208 g/mol. The van der Waals surface area contributed by atoms with Crippen LogP contribution in [0.5, 0.6) is 5.75 Å². The zero-order valence-electron chi connectivity index (χ0n) is 9.03. The van der Waals surface area contributed by atoms with Crippen molar-refractivity contribution in [1.29, 1.82) is 0 Å². The van der Waals surface area contributed by atoms with Crippen LogP contribution in [0.1, 0.15) is 18.5 Å². The van der Waals surface area contributed by atoms with E-state index in [1.807, 2.05) is 13.0 Å². The molecule has 1 aliphatic rings. The van der Waals surface area contributed by atoms with E-state index in [1.165, 1.54) is 0 Å². The van der Waals surface area contributed by atoms with E-state index in [1.54, 1.807) is 13.3 Å². The van der Waals surface area contributed by atoms with E-state index in [-0.39, 0.29) is 6.10 Å². The van der Waals surface area contributed by atoms with Gasteiger partial charge in [0.05, 0.1) is 25.1 Å². The van der Waals surface area contributed by atoms with Crippen LogP contribution < -0.4 is 10.1 Å². The second-order valence-electron chi connectivity index (χ2n) is 3.99. The van der Waals surface area contributed by atoms with E-state index in [9.17, 15) is 5.11 Å². The summed E-state index contributed by atoms with van der Waals surface area (Å²) in [6.07, 6.45) is 3.19. The SMILES string of the molecule is COc1cnc(C)cc1NC1CC(O)C1. The minimum atomic E-state index is -0.142. The maximum atomic E-state index is 9.19. The third-order valence-electron chi connectivity index (χ3n) is 2.70. The summed E-state index contributed by atoms with van der Waals surface area (Å²) in [5.41, 5.74) is 1.92. The molecule has 0 atom stereocenters. The summed E-state index contributed by atoms with van der Waals surface area (Å²) in [7, 11) is 1.63. The summed E-state index contributed by atoms with van der Waals surface area (Å²) in [6, 6.07) is 2.32. The Morgan fingerprint density at radius 3 is 2.87 bits per heavy atom. The molecule has 2 N–H and O–H groups in total. The van der Waals surface area contributed by atoms with Crippen molar-refractivity contribution in [2.45, 2.75) is 31.9 Å². The van der Waals surface area contributed by atoms with Crippen LogP contribution in [-0.4, -0.2) is 29.3 Å². The first-order valence-electron chi connectivity index (χ1n) is 5.14. The minimum absolute atomic E-state index is 0.142. The molecule has 0 spiro atoms. The van der Waals surface area contributed by atoms with Crippen molar-refractivity contribution < 1.29 is 9.84 Å². The van der Waals surface area contributed by atoms with Gasteiger partial charge in [0, 0.05) is 11.7 Å². The van der Waals surface area contributed by atoms with Crippen molar-refractivity contribution in [3.8, 4) is 5.75 Å². The molecule has 1 aromatic heterocycles. The quantitative estimate of drug-likeness (QED) is 0.787. The Kier molecular flexibility index (Phi) is 2.77. The van der Waals surface area contributed by atoms with Crippen molar-refractivity contribution in [3.63, 3.8) is 0 Å². The van der Waals surface area contributed by atoms with Crippen LogP contribution in [0.2, 0.25) is 0 Å². The third-order valence-corrected chi connectivity index (χ3v) is 2.70.